The highest BCUT2D eigenvalue weighted by Crippen LogP contribution is 2.19. The lowest BCUT2D eigenvalue weighted by atomic mass is 10.0. The molecular formula is C74H138O6. The summed E-state index contributed by atoms with van der Waals surface area (Å²) in [6.07, 6.45) is 86.2. The van der Waals surface area contributed by atoms with Gasteiger partial charge in [0.25, 0.3) is 0 Å². The average molecular weight is 1120 g/mol. The Bertz CT molecular complexity index is 1340. The Hall–Kier alpha value is -2.37. The van der Waals surface area contributed by atoms with Crippen LogP contribution in [0.4, 0.5) is 0 Å². The predicted molar refractivity (Wildman–Crippen MR) is 349 cm³/mol. The van der Waals surface area contributed by atoms with Crippen molar-refractivity contribution in [2.75, 3.05) is 13.2 Å². The van der Waals surface area contributed by atoms with Crippen molar-refractivity contribution in [3.8, 4) is 0 Å². The molecule has 0 aromatic rings. The molecule has 470 valence electrons. The van der Waals surface area contributed by atoms with E-state index in [-0.39, 0.29) is 31.1 Å². The minimum atomic E-state index is -0.771. The summed E-state index contributed by atoms with van der Waals surface area (Å²) < 4.78 is 17.0. The van der Waals surface area contributed by atoms with E-state index in [1.165, 1.54) is 289 Å². The summed E-state index contributed by atoms with van der Waals surface area (Å²) in [5.41, 5.74) is 0. The first-order valence-electron chi connectivity index (χ1n) is 36.0. The molecule has 0 fully saturated rings. The maximum Gasteiger partial charge on any atom is 0.306 e. The summed E-state index contributed by atoms with van der Waals surface area (Å²) >= 11 is 0. The molecule has 0 heterocycles. The number of hydrogen-bond acceptors (Lipinski definition) is 6. The molecule has 0 N–H and O–H groups in total. The zero-order valence-electron chi connectivity index (χ0n) is 54.1. The first-order chi connectivity index (χ1) is 39.5. The van der Waals surface area contributed by atoms with Gasteiger partial charge in [0.2, 0.25) is 0 Å². The molecule has 80 heavy (non-hydrogen) atoms. The second-order valence-electron chi connectivity index (χ2n) is 24.5. The molecule has 1 atom stereocenters. The van der Waals surface area contributed by atoms with Crippen molar-refractivity contribution in [3.63, 3.8) is 0 Å². The third-order valence-electron chi connectivity index (χ3n) is 16.4. The molecule has 0 aliphatic heterocycles. The van der Waals surface area contributed by atoms with Gasteiger partial charge in [-0.15, -0.1) is 0 Å². The summed E-state index contributed by atoms with van der Waals surface area (Å²) in [6.45, 7) is 6.67. The Balaban J connectivity index is 4.08. The zero-order chi connectivity index (χ0) is 57.8. The van der Waals surface area contributed by atoms with Gasteiger partial charge in [-0.1, -0.05) is 340 Å². The maximum absolute atomic E-state index is 12.9. The van der Waals surface area contributed by atoms with E-state index in [0.29, 0.717) is 19.3 Å². The lowest BCUT2D eigenvalue weighted by Gasteiger charge is -2.18. The normalized spacial score (nSPS) is 12.2. The summed E-state index contributed by atoms with van der Waals surface area (Å²) in [5.74, 6) is -0.849. The number of carbonyl (C=O) groups excluding carboxylic acids is 3. The smallest absolute Gasteiger partial charge is 0.306 e. The summed E-state index contributed by atoms with van der Waals surface area (Å²) in [7, 11) is 0. The number of hydrogen-bond donors (Lipinski definition) is 0. The molecule has 0 radical (unpaired) electrons. The zero-order valence-corrected chi connectivity index (χ0v) is 54.1. The van der Waals surface area contributed by atoms with E-state index in [0.717, 1.165) is 70.6 Å². The van der Waals surface area contributed by atoms with E-state index < -0.39 is 6.10 Å². The predicted octanol–water partition coefficient (Wildman–Crippen LogP) is 24.7. The Morgan fingerprint density at radius 3 is 0.725 bits per heavy atom. The Labute approximate surface area is 499 Å². The molecule has 0 aromatic heterocycles. The van der Waals surface area contributed by atoms with Crippen molar-refractivity contribution in [1.29, 1.82) is 0 Å². The van der Waals surface area contributed by atoms with Crippen molar-refractivity contribution >= 4 is 17.9 Å². The van der Waals surface area contributed by atoms with Gasteiger partial charge in [0.05, 0.1) is 0 Å². The van der Waals surface area contributed by atoms with E-state index in [4.69, 9.17) is 14.2 Å². The summed E-state index contributed by atoms with van der Waals surface area (Å²) in [6, 6.07) is 0. The summed E-state index contributed by atoms with van der Waals surface area (Å²) in [5, 5.41) is 0. The van der Waals surface area contributed by atoms with Gasteiger partial charge in [0.15, 0.2) is 6.10 Å². The highest BCUT2D eigenvalue weighted by molar-refractivity contribution is 5.71. The van der Waals surface area contributed by atoms with Gasteiger partial charge < -0.3 is 14.2 Å². The molecule has 6 nitrogen and oxygen atoms in total. The largest absolute Gasteiger partial charge is 0.462 e. The highest BCUT2D eigenvalue weighted by Gasteiger charge is 2.19. The van der Waals surface area contributed by atoms with Crippen LogP contribution in [-0.4, -0.2) is 37.2 Å². The van der Waals surface area contributed by atoms with Gasteiger partial charge in [-0.2, -0.15) is 0 Å². The first-order valence-corrected chi connectivity index (χ1v) is 36.0. The van der Waals surface area contributed by atoms with Crippen LogP contribution < -0.4 is 0 Å². The molecule has 0 aliphatic rings. The quantitative estimate of drug-likeness (QED) is 0.0261. The van der Waals surface area contributed by atoms with Crippen molar-refractivity contribution in [2.45, 2.75) is 406 Å². The molecule has 0 aliphatic carbocycles. The van der Waals surface area contributed by atoms with E-state index >= 15 is 0 Å². The van der Waals surface area contributed by atoms with Gasteiger partial charge >= 0.3 is 17.9 Å². The number of ether oxygens (including phenoxy) is 3. The number of esters is 3. The number of allylic oxidation sites excluding steroid dienone is 6. The topological polar surface area (TPSA) is 78.9 Å². The van der Waals surface area contributed by atoms with E-state index in [1.807, 2.05) is 0 Å². The minimum absolute atomic E-state index is 0.0683. The van der Waals surface area contributed by atoms with Gasteiger partial charge in [-0.3, -0.25) is 14.4 Å². The van der Waals surface area contributed by atoms with Crippen LogP contribution in [0.1, 0.15) is 400 Å². The van der Waals surface area contributed by atoms with Crippen LogP contribution in [-0.2, 0) is 28.6 Å². The van der Waals surface area contributed by atoms with Crippen LogP contribution in [0.2, 0.25) is 0 Å². The third-order valence-corrected chi connectivity index (χ3v) is 16.4. The lowest BCUT2D eigenvalue weighted by Crippen LogP contribution is -2.30. The van der Waals surface area contributed by atoms with Gasteiger partial charge in [0, 0.05) is 19.3 Å². The molecule has 0 bridgehead atoms. The number of rotatable bonds is 67. The van der Waals surface area contributed by atoms with Crippen LogP contribution in [0.5, 0.6) is 0 Å². The molecule has 0 rings (SSSR count). The Morgan fingerprint density at radius 2 is 0.450 bits per heavy atom. The molecule has 0 saturated heterocycles. The first kappa shape index (κ1) is 77.6. The summed E-state index contributed by atoms with van der Waals surface area (Å²) in [4.78, 5) is 38.3. The van der Waals surface area contributed by atoms with E-state index in [2.05, 4.69) is 57.2 Å². The lowest BCUT2D eigenvalue weighted by molar-refractivity contribution is -0.167. The van der Waals surface area contributed by atoms with E-state index in [9.17, 15) is 14.4 Å². The van der Waals surface area contributed by atoms with Crippen molar-refractivity contribution in [3.05, 3.63) is 36.5 Å². The highest BCUT2D eigenvalue weighted by atomic mass is 16.6. The molecule has 6 heteroatoms. The average Bonchev–Trinajstić information content (AvgIpc) is 3.46. The van der Waals surface area contributed by atoms with Crippen LogP contribution in [0.25, 0.3) is 0 Å². The fraction of sp³-hybridized carbons (Fsp3) is 0.878. The van der Waals surface area contributed by atoms with Crippen LogP contribution in [0.15, 0.2) is 36.5 Å². The van der Waals surface area contributed by atoms with Crippen LogP contribution >= 0.6 is 0 Å². The Kier molecular flexibility index (Phi) is 67.1. The monoisotopic (exact) mass is 1120 g/mol. The van der Waals surface area contributed by atoms with E-state index in [1.54, 1.807) is 0 Å². The molecule has 0 amide bonds. The van der Waals surface area contributed by atoms with Crippen molar-refractivity contribution < 1.29 is 28.6 Å². The Morgan fingerprint density at radius 1 is 0.250 bits per heavy atom. The minimum Gasteiger partial charge on any atom is -0.462 e. The van der Waals surface area contributed by atoms with Crippen molar-refractivity contribution in [1.82, 2.24) is 0 Å². The van der Waals surface area contributed by atoms with Gasteiger partial charge in [-0.05, 0) is 77.0 Å². The molecule has 1 unspecified atom stereocenters. The third kappa shape index (κ3) is 66.4. The second-order valence-corrected chi connectivity index (χ2v) is 24.5. The van der Waals surface area contributed by atoms with Gasteiger partial charge in [-0.25, -0.2) is 0 Å². The number of unbranched alkanes of at least 4 members (excludes halogenated alkanes) is 50. The fourth-order valence-corrected chi connectivity index (χ4v) is 10.9. The van der Waals surface area contributed by atoms with Crippen LogP contribution in [0.3, 0.4) is 0 Å². The fourth-order valence-electron chi connectivity index (χ4n) is 10.9. The van der Waals surface area contributed by atoms with Crippen LogP contribution in [0, 0.1) is 0 Å². The maximum atomic E-state index is 12.9. The number of carbonyl (C=O) groups is 3. The SMILES string of the molecule is CCCCC/C=C\CCCCCCCC(=O)OCC(COC(=O)CCCCCCCCCCCCCCCCCCCCCCC/C=C\C/C=C\CCCCCCC)OC(=O)CCCCCCCCCCCCCCCCCCC. The molecular weight excluding hydrogens is 985 g/mol. The molecule has 0 saturated carbocycles. The standard InChI is InChI=1S/C74H138O6/c1-4-7-10-13-16-19-22-25-27-29-30-31-32-33-34-35-36-37-38-39-40-41-42-43-44-46-47-49-52-55-58-61-64-67-73(76)79-70-71(69-78-72(75)66-63-60-57-54-51-24-21-18-15-12-9-6-3)80-74(77)68-65-62-59-56-53-50-48-45-28-26-23-20-17-14-11-8-5-2/h18,21-22,25,29-30,71H,4-17,19-20,23-24,26-28,31-70H2,1-3H3/b21-18-,25-22-,30-29-. The van der Waals surface area contributed by atoms with Gasteiger partial charge in [0.1, 0.15) is 13.2 Å². The second kappa shape index (κ2) is 69.1. The van der Waals surface area contributed by atoms with Crippen molar-refractivity contribution in [2.24, 2.45) is 0 Å². The molecule has 0 spiro atoms. The molecule has 0 aromatic carbocycles.